The average Bonchev–Trinajstić information content (AvgIpc) is 2.95. The van der Waals surface area contributed by atoms with Crippen LogP contribution in [0, 0.1) is 0 Å². The Morgan fingerprint density at radius 1 is 1.59 bits per heavy atom. The van der Waals surface area contributed by atoms with Crippen molar-refractivity contribution in [1.82, 2.24) is 10.2 Å². The highest BCUT2D eigenvalue weighted by atomic mass is 32.1. The van der Waals surface area contributed by atoms with Gasteiger partial charge >= 0.3 is 5.97 Å². The van der Waals surface area contributed by atoms with Crippen LogP contribution in [0.1, 0.15) is 28.0 Å². The fourth-order valence-corrected chi connectivity index (χ4v) is 1.89. The lowest BCUT2D eigenvalue weighted by Gasteiger charge is -1.96. The van der Waals surface area contributed by atoms with Gasteiger partial charge in [-0.15, -0.1) is 10.2 Å². The molecule has 0 radical (unpaired) electrons. The summed E-state index contributed by atoms with van der Waals surface area (Å²) in [7, 11) is 0. The van der Waals surface area contributed by atoms with E-state index in [4.69, 9.17) is 9.52 Å². The highest BCUT2D eigenvalue weighted by molar-refractivity contribution is 7.15. The summed E-state index contributed by atoms with van der Waals surface area (Å²) < 4.78 is 5.09. The van der Waals surface area contributed by atoms with Crippen LogP contribution in [-0.2, 0) is 13.0 Å². The number of aromatic nitrogens is 2. The molecule has 7 heteroatoms. The molecule has 0 amide bonds. The first kappa shape index (κ1) is 11.6. The Kier molecular flexibility index (Phi) is 3.38. The standard InChI is InChI=1S/C10H11N3O3S/c1-2-8-12-13-10(17-8)11-4-7-3-6(5-16-7)9(14)15/h3,5H,2,4H2,1H3,(H,11,13)(H,14,15). The van der Waals surface area contributed by atoms with E-state index in [0.29, 0.717) is 17.4 Å². The van der Waals surface area contributed by atoms with Crippen molar-refractivity contribution in [3.8, 4) is 0 Å². The molecule has 0 aliphatic rings. The lowest BCUT2D eigenvalue weighted by molar-refractivity contribution is 0.0696. The predicted octanol–water partition coefficient (Wildman–Crippen LogP) is 2.00. The molecular weight excluding hydrogens is 242 g/mol. The number of hydrogen-bond acceptors (Lipinski definition) is 6. The fourth-order valence-electron chi connectivity index (χ4n) is 1.22. The third-order valence-corrected chi connectivity index (χ3v) is 3.11. The molecule has 90 valence electrons. The fraction of sp³-hybridized carbons (Fsp3) is 0.300. The largest absolute Gasteiger partial charge is 0.478 e. The van der Waals surface area contributed by atoms with Gasteiger partial charge in [-0.05, 0) is 12.5 Å². The van der Waals surface area contributed by atoms with Crippen molar-refractivity contribution in [2.75, 3.05) is 5.32 Å². The first-order valence-corrected chi connectivity index (χ1v) is 5.87. The number of aromatic carboxylic acids is 1. The number of anilines is 1. The molecule has 17 heavy (non-hydrogen) atoms. The molecule has 0 fully saturated rings. The number of carboxylic acid groups (broad SMARTS) is 1. The summed E-state index contributed by atoms with van der Waals surface area (Å²) in [5.41, 5.74) is 0.147. The highest BCUT2D eigenvalue weighted by Gasteiger charge is 2.08. The lowest BCUT2D eigenvalue weighted by atomic mass is 10.3. The normalized spacial score (nSPS) is 10.4. The zero-order valence-corrected chi connectivity index (χ0v) is 9.95. The monoisotopic (exact) mass is 253 g/mol. The first-order chi connectivity index (χ1) is 8.19. The van der Waals surface area contributed by atoms with Crippen LogP contribution in [0.2, 0.25) is 0 Å². The van der Waals surface area contributed by atoms with Gasteiger partial charge in [-0.25, -0.2) is 4.79 Å². The van der Waals surface area contributed by atoms with E-state index in [1.807, 2.05) is 6.92 Å². The second kappa shape index (κ2) is 4.96. The van der Waals surface area contributed by atoms with Crippen LogP contribution in [0.3, 0.4) is 0 Å². The van der Waals surface area contributed by atoms with Crippen LogP contribution in [0.5, 0.6) is 0 Å². The Morgan fingerprint density at radius 3 is 3.00 bits per heavy atom. The van der Waals surface area contributed by atoms with Crippen molar-refractivity contribution in [2.45, 2.75) is 19.9 Å². The average molecular weight is 253 g/mol. The molecule has 6 nitrogen and oxygen atoms in total. The van der Waals surface area contributed by atoms with Gasteiger partial charge in [-0.3, -0.25) is 0 Å². The molecule has 2 aromatic rings. The van der Waals surface area contributed by atoms with Crippen molar-refractivity contribution in [2.24, 2.45) is 0 Å². The van der Waals surface area contributed by atoms with Gasteiger partial charge in [0.25, 0.3) is 0 Å². The van der Waals surface area contributed by atoms with Gasteiger partial charge < -0.3 is 14.8 Å². The highest BCUT2D eigenvalue weighted by Crippen LogP contribution is 2.17. The van der Waals surface area contributed by atoms with E-state index < -0.39 is 5.97 Å². The number of rotatable bonds is 5. The maximum absolute atomic E-state index is 10.6. The van der Waals surface area contributed by atoms with Gasteiger partial charge in [-0.1, -0.05) is 18.3 Å². The van der Waals surface area contributed by atoms with Crippen molar-refractivity contribution in [1.29, 1.82) is 0 Å². The van der Waals surface area contributed by atoms with Crippen LogP contribution in [0.4, 0.5) is 5.13 Å². The molecule has 0 unspecified atom stereocenters. The maximum Gasteiger partial charge on any atom is 0.338 e. The third kappa shape index (κ3) is 2.82. The van der Waals surface area contributed by atoms with Crippen molar-refractivity contribution in [3.63, 3.8) is 0 Å². The molecule has 2 aromatic heterocycles. The molecule has 2 rings (SSSR count). The molecule has 0 aliphatic carbocycles. The SMILES string of the molecule is CCc1nnc(NCc2cc(C(=O)O)co2)s1. The topological polar surface area (TPSA) is 88.2 Å². The zero-order chi connectivity index (χ0) is 12.3. The zero-order valence-electron chi connectivity index (χ0n) is 9.14. The summed E-state index contributed by atoms with van der Waals surface area (Å²) in [6.45, 7) is 2.40. The molecule has 2 heterocycles. The number of hydrogen-bond donors (Lipinski definition) is 2. The molecule has 0 saturated heterocycles. The Balaban J connectivity index is 1.94. The van der Waals surface area contributed by atoms with Crippen LogP contribution in [0.25, 0.3) is 0 Å². The van der Waals surface area contributed by atoms with Crippen molar-refractivity contribution < 1.29 is 14.3 Å². The molecule has 0 saturated carbocycles. The Bertz CT molecular complexity index is 520. The van der Waals surface area contributed by atoms with Crippen molar-refractivity contribution in [3.05, 3.63) is 28.7 Å². The van der Waals surface area contributed by atoms with E-state index in [1.165, 1.54) is 23.7 Å². The minimum absolute atomic E-state index is 0.147. The minimum Gasteiger partial charge on any atom is -0.478 e. The summed E-state index contributed by atoms with van der Waals surface area (Å²) >= 11 is 1.47. The molecule has 2 N–H and O–H groups in total. The lowest BCUT2D eigenvalue weighted by Crippen LogP contribution is -1.98. The number of aryl methyl sites for hydroxylation is 1. The quantitative estimate of drug-likeness (QED) is 0.847. The third-order valence-electron chi connectivity index (χ3n) is 2.08. The van der Waals surface area contributed by atoms with Gasteiger partial charge in [0.05, 0.1) is 12.1 Å². The molecule has 0 atom stereocenters. The van der Waals surface area contributed by atoms with Crippen molar-refractivity contribution >= 4 is 22.4 Å². The smallest absolute Gasteiger partial charge is 0.338 e. The second-order valence-electron chi connectivity index (χ2n) is 3.31. The van der Waals surface area contributed by atoms with Gasteiger partial charge in [0.15, 0.2) is 0 Å². The maximum atomic E-state index is 10.6. The molecule has 0 aromatic carbocycles. The first-order valence-electron chi connectivity index (χ1n) is 5.06. The summed E-state index contributed by atoms with van der Waals surface area (Å²) in [5.74, 6) is -0.445. The van der Waals surface area contributed by atoms with E-state index >= 15 is 0 Å². The van der Waals surface area contributed by atoms with E-state index in [-0.39, 0.29) is 5.56 Å². The van der Waals surface area contributed by atoms with Gasteiger partial charge in [0.1, 0.15) is 17.0 Å². The van der Waals surface area contributed by atoms with E-state index in [2.05, 4.69) is 15.5 Å². The van der Waals surface area contributed by atoms with Gasteiger partial charge in [0.2, 0.25) is 5.13 Å². The number of nitrogens with one attached hydrogen (secondary N) is 1. The predicted molar refractivity (Wildman–Crippen MR) is 62.3 cm³/mol. The molecule has 0 bridgehead atoms. The Morgan fingerprint density at radius 2 is 2.41 bits per heavy atom. The van der Waals surface area contributed by atoms with E-state index in [1.54, 1.807) is 0 Å². The van der Waals surface area contributed by atoms with E-state index in [0.717, 1.165) is 11.4 Å². The number of carbonyl (C=O) groups is 1. The van der Waals surface area contributed by atoms with Crippen LogP contribution in [0.15, 0.2) is 16.7 Å². The van der Waals surface area contributed by atoms with Gasteiger partial charge in [-0.2, -0.15) is 0 Å². The summed E-state index contributed by atoms with van der Waals surface area (Å²) in [6.07, 6.45) is 2.07. The Hall–Kier alpha value is -1.89. The molecule has 0 spiro atoms. The molecule has 0 aliphatic heterocycles. The summed E-state index contributed by atoms with van der Waals surface area (Å²) in [4.78, 5) is 10.6. The minimum atomic E-state index is -0.996. The number of carboxylic acids is 1. The second-order valence-corrected chi connectivity index (χ2v) is 4.38. The van der Waals surface area contributed by atoms with E-state index in [9.17, 15) is 4.79 Å². The molecular formula is C10H11N3O3S. The van der Waals surface area contributed by atoms with Crippen LogP contribution in [-0.4, -0.2) is 21.3 Å². The summed E-state index contributed by atoms with van der Waals surface area (Å²) in [5, 5.41) is 21.3. The summed E-state index contributed by atoms with van der Waals surface area (Å²) in [6, 6.07) is 1.48. The number of nitrogens with zero attached hydrogens (tertiary/aromatic N) is 2. The van der Waals surface area contributed by atoms with Crippen LogP contribution >= 0.6 is 11.3 Å². The van der Waals surface area contributed by atoms with Crippen LogP contribution < -0.4 is 5.32 Å². The number of furan rings is 1. The Labute approximate surface area is 101 Å². The van der Waals surface area contributed by atoms with Gasteiger partial charge in [0, 0.05) is 0 Å².